The molecular weight excluding hydrogens is 421 g/mol. The highest BCUT2D eigenvalue weighted by atomic mass is 19.1. The van der Waals surface area contributed by atoms with Crippen molar-refractivity contribution in [2.45, 2.75) is 32.9 Å². The van der Waals surface area contributed by atoms with E-state index in [1.54, 1.807) is 25.6 Å². The highest BCUT2D eigenvalue weighted by molar-refractivity contribution is 5.67. The third-order valence-corrected chi connectivity index (χ3v) is 5.64. The van der Waals surface area contributed by atoms with Crippen LogP contribution in [0.1, 0.15) is 30.6 Å². The Balaban J connectivity index is 1.42. The van der Waals surface area contributed by atoms with Crippen LogP contribution in [0.4, 0.5) is 16.0 Å². The topological polar surface area (TPSA) is 73.9 Å². The summed E-state index contributed by atoms with van der Waals surface area (Å²) in [5.74, 6) is 1.58. The van der Waals surface area contributed by atoms with Crippen molar-refractivity contribution < 1.29 is 9.13 Å². The van der Waals surface area contributed by atoms with Gasteiger partial charge in [0.15, 0.2) is 5.82 Å². The number of pyridine rings is 1. The molecule has 5 rings (SSSR count). The van der Waals surface area contributed by atoms with Crippen LogP contribution < -0.4 is 9.64 Å². The van der Waals surface area contributed by atoms with Crippen molar-refractivity contribution in [1.29, 1.82) is 0 Å². The second-order valence-electron chi connectivity index (χ2n) is 8.00. The molecule has 3 aromatic heterocycles. The van der Waals surface area contributed by atoms with Gasteiger partial charge in [-0.3, -0.25) is 0 Å². The summed E-state index contributed by atoms with van der Waals surface area (Å²) in [6, 6.07) is 10.5. The molecule has 1 atom stereocenters. The molecule has 0 radical (unpaired) electrons. The molecule has 1 aromatic carbocycles. The number of hydrogen-bond donors (Lipinski definition) is 0. The van der Waals surface area contributed by atoms with E-state index in [0.717, 1.165) is 41.7 Å². The molecule has 0 amide bonds. The molecular formula is C24H24FN7O. The Morgan fingerprint density at radius 3 is 2.64 bits per heavy atom. The van der Waals surface area contributed by atoms with Crippen LogP contribution in [0.15, 0.2) is 48.9 Å². The normalized spacial score (nSPS) is 15.8. The lowest BCUT2D eigenvalue weighted by molar-refractivity contribution is 0.395. The zero-order valence-corrected chi connectivity index (χ0v) is 18.7. The van der Waals surface area contributed by atoms with Crippen LogP contribution >= 0.6 is 0 Å². The average molecular weight is 446 g/mol. The third-order valence-electron chi connectivity index (χ3n) is 5.64. The Morgan fingerprint density at radius 2 is 1.91 bits per heavy atom. The molecule has 0 aliphatic carbocycles. The lowest BCUT2D eigenvalue weighted by atomic mass is 10.1. The number of aryl methyl sites for hydroxylation is 2. The number of rotatable bonds is 5. The first-order valence-electron chi connectivity index (χ1n) is 10.8. The molecule has 4 aromatic rings. The molecule has 0 saturated carbocycles. The smallest absolute Gasteiger partial charge is 0.238 e. The maximum absolute atomic E-state index is 13.4. The predicted molar refractivity (Wildman–Crippen MR) is 124 cm³/mol. The first-order valence-corrected chi connectivity index (χ1v) is 10.8. The number of anilines is 2. The Labute approximate surface area is 191 Å². The molecule has 0 fully saturated rings. The van der Waals surface area contributed by atoms with Gasteiger partial charge in [0.2, 0.25) is 11.8 Å². The minimum absolute atomic E-state index is 0.231. The van der Waals surface area contributed by atoms with E-state index >= 15 is 0 Å². The largest absolute Gasteiger partial charge is 0.479 e. The Bertz CT molecular complexity index is 1310. The van der Waals surface area contributed by atoms with E-state index in [1.165, 1.54) is 12.1 Å². The van der Waals surface area contributed by atoms with Crippen LogP contribution in [0, 0.1) is 12.7 Å². The van der Waals surface area contributed by atoms with Crippen molar-refractivity contribution >= 4 is 23.8 Å². The quantitative estimate of drug-likeness (QED) is 0.453. The highest BCUT2D eigenvalue weighted by Crippen LogP contribution is 2.32. The van der Waals surface area contributed by atoms with Crippen LogP contribution in [-0.2, 0) is 6.54 Å². The summed E-state index contributed by atoms with van der Waals surface area (Å²) in [6.45, 7) is 4.85. The number of ether oxygens (including phenoxy) is 1. The fourth-order valence-electron chi connectivity index (χ4n) is 3.96. The Morgan fingerprint density at radius 1 is 1.09 bits per heavy atom. The van der Waals surface area contributed by atoms with Crippen molar-refractivity contribution in [2.75, 3.05) is 12.0 Å². The van der Waals surface area contributed by atoms with Crippen molar-refractivity contribution in [3.8, 4) is 11.6 Å². The van der Waals surface area contributed by atoms with Crippen LogP contribution in [0.25, 0.3) is 17.8 Å². The van der Waals surface area contributed by atoms with Crippen LogP contribution in [-0.4, -0.2) is 42.5 Å². The molecule has 1 aliphatic heterocycles. The van der Waals surface area contributed by atoms with E-state index in [-0.39, 0.29) is 11.9 Å². The zero-order valence-electron chi connectivity index (χ0n) is 18.7. The molecule has 4 heterocycles. The standard InChI is InChI=1S/C24H24FN7O/c1-16-14-30(15-26-16)21-10-6-19(27-23(21)33-3)7-11-22-28-24-31(29-22)13-12-17(2)32(24)20-8-4-18(25)5-9-20/h4-11,14-15,17H,12-13H2,1-3H3. The number of hydrogen-bond acceptors (Lipinski definition) is 6. The summed E-state index contributed by atoms with van der Waals surface area (Å²) in [7, 11) is 1.60. The van der Waals surface area contributed by atoms with Gasteiger partial charge in [0, 0.05) is 24.5 Å². The summed E-state index contributed by atoms with van der Waals surface area (Å²) in [6.07, 6.45) is 8.27. The molecule has 9 heteroatoms. The molecule has 1 aliphatic rings. The number of aromatic nitrogens is 6. The molecule has 0 bridgehead atoms. The first kappa shape index (κ1) is 20.9. The SMILES string of the molecule is COc1nc(C=Cc2nc3n(n2)CCC(C)N3c2ccc(F)cc2)ccc1-n1cnc(C)c1. The van der Waals surface area contributed by atoms with Crippen LogP contribution in [0.2, 0.25) is 0 Å². The number of methoxy groups -OCH3 is 1. The van der Waals surface area contributed by atoms with E-state index in [2.05, 4.69) is 26.9 Å². The summed E-state index contributed by atoms with van der Waals surface area (Å²) < 4.78 is 22.7. The fourth-order valence-corrected chi connectivity index (χ4v) is 3.96. The predicted octanol–water partition coefficient (Wildman–Crippen LogP) is 4.42. The Kier molecular flexibility index (Phi) is 5.37. The van der Waals surface area contributed by atoms with E-state index in [9.17, 15) is 4.39 Å². The monoisotopic (exact) mass is 445 g/mol. The molecule has 33 heavy (non-hydrogen) atoms. The second-order valence-corrected chi connectivity index (χ2v) is 8.00. The maximum Gasteiger partial charge on any atom is 0.238 e. The fraction of sp³-hybridized carbons (Fsp3) is 0.250. The van der Waals surface area contributed by atoms with Gasteiger partial charge in [-0.2, -0.15) is 4.98 Å². The highest BCUT2D eigenvalue weighted by Gasteiger charge is 2.27. The summed E-state index contributed by atoms with van der Waals surface area (Å²) in [5, 5.41) is 4.64. The molecule has 0 saturated heterocycles. The number of imidazole rings is 1. The van der Waals surface area contributed by atoms with E-state index < -0.39 is 0 Å². The van der Waals surface area contributed by atoms with E-state index in [1.807, 2.05) is 46.7 Å². The molecule has 1 unspecified atom stereocenters. The number of halogens is 1. The van der Waals surface area contributed by atoms with Crippen molar-refractivity contribution in [1.82, 2.24) is 29.3 Å². The minimum atomic E-state index is -0.259. The van der Waals surface area contributed by atoms with Gasteiger partial charge < -0.3 is 14.2 Å². The molecule has 0 N–H and O–H groups in total. The summed E-state index contributed by atoms with van der Waals surface area (Å²) in [4.78, 5) is 15.7. The van der Waals surface area contributed by atoms with Crippen molar-refractivity contribution in [3.05, 3.63) is 72.0 Å². The summed E-state index contributed by atoms with van der Waals surface area (Å²) in [5.41, 5.74) is 3.35. The first-order chi connectivity index (χ1) is 16.0. The van der Waals surface area contributed by atoms with Gasteiger partial charge in [0.1, 0.15) is 11.5 Å². The van der Waals surface area contributed by atoms with Gasteiger partial charge >= 0.3 is 0 Å². The molecule has 0 spiro atoms. The van der Waals surface area contributed by atoms with Gasteiger partial charge in [0.25, 0.3) is 0 Å². The van der Waals surface area contributed by atoms with Crippen molar-refractivity contribution in [2.24, 2.45) is 0 Å². The van der Waals surface area contributed by atoms with Gasteiger partial charge in [-0.25, -0.2) is 19.0 Å². The van der Waals surface area contributed by atoms with Gasteiger partial charge in [-0.15, -0.1) is 5.10 Å². The number of benzene rings is 1. The zero-order chi connectivity index (χ0) is 22.9. The molecule has 168 valence electrons. The van der Waals surface area contributed by atoms with Crippen LogP contribution in [0.5, 0.6) is 5.88 Å². The second kappa shape index (κ2) is 8.50. The lowest BCUT2D eigenvalue weighted by Crippen LogP contribution is -2.36. The van der Waals surface area contributed by atoms with Gasteiger partial charge in [0.05, 0.1) is 24.8 Å². The average Bonchev–Trinajstić information content (AvgIpc) is 3.44. The van der Waals surface area contributed by atoms with E-state index in [4.69, 9.17) is 9.72 Å². The summed E-state index contributed by atoms with van der Waals surface area (Å²) >= 11 is 0. The molecule has 8 nitrogen and oxygen atoms in total. The van der Waals surface area contributed by atoms with Crippen LogP contribution in [0.3, 0.4) is 0 Å². The Hall–Kier alpha value is -4.01. The minimum Gasteiger partial charge on any atom is -0.479 e. The van der Waals surface area contributed by atoms with Gasteiger partial charge in [-0.05, 0) is 68.8 Å². The van der Waals surface area contributed by atoms with Gasteiger partial charge in [-0.1, -0.05) is 0 Å². The number of fused-ring (bicyclic) bond motifs is 1. The third kappa shape index (κ3) is 4.09. The van der Waals surface area contributed by atoms with E-state index in [0.29, 0.717) is 11.7 Å². The number of nitrogens with zero attached hydrogens (tertiary/aromatic N) is 7. The van der Waals surface area contributed by atoms with Crippen molar-refractivity contribution in [3.63, 3.8) is 0 Å². The maximum atomic E-state index is 13.4. The lowest BCUT2D eigenvalue weighted by Gasteiger charge is -2.34.